The molecule has 146 valence electrons. The van der Waals surface area contributed by atoms with Crippen LogP contribution in [0.15, 0.2) is 23.1 Å². The molecule has 0 atom stereocenters. The highest BCUT2D eigenvalue weighted by molar-refractivity contribution is 7.89. The number of sulfonamides is 1. The summed E-state index contributed by atoms with van der Waals surface area (Å²) in [5, 5.41) is 2.96. The minimum absolute atomic E-state index is 0.0199. The molecule has 0 radical (unpaired) electrons. The van der Waals surface area contributed by atoms with Crippen LogP contribution in [0.25, 0.3) is 0 Å². The zero-order valence-corrected chi connectivity index (χ0v) is 16.9. The number of hydrogen-bond donors (Lipinski definition) is 1. The Hall–Kier alpha value is -1.80. The quantitative estimate of drug-likeness (QED) is 0.839. The lowest BCUT2D eigenvalue weighted by atomic mass is 9.96. The van der Waals surface area contributed by atoms with Gasteiger partial charge in [-0.1, -0.05) is 0 Å². The van der Waals surface area contributed by atoms with Gasteiger partial charge in [-0.05, 0) is 45.7 Å². The fourth-order valence-corrected chi connectivity index (χ4v) is 4.60. The molecule has 1 heterocycles. The maximum absolute atomic E-state index is 13.0. The number of ether oxygens (including phenoxy) is 2. The second kappa shape index (κ2) is 7.84. The molecule has 2 rings (SSSR count). The summed E-state index contributed by atoms with van der Waals surface area (Å²) in [5.41, 5.74) is -0.297. The van der Waals surface area contributed by atoms with Gasteiger partial charge in [-0.15, -0.1) is 0 Å². The molecule has 1 aromatic rings. The molecule has 1 amide bonds. The summed E-state index contributed by atoms with van der Waals surface area (Å²) in [5.74, 6) is 0.531. The van der Waals surface area contributed by atoms with E-state index in [9.17, 15) is 13.2 Å². The predicted molar refractivity (Wildman–Crippen MR) is 98.9 cm³/mol. The molecule has 7 nitrogen and oxygen atoms in total. The molecule has 1 aliphatic heterocycles. The SMILES string of the molecule is COc1ccc(OC)c(S(=O)(=O)N2CCC(C(=O)NC(C)(C)C)CC2)c1. The van der Waals surface area contributed by atoms with Crippen LogP contribution in [0, 0.1) is 5.92 Å². The smallest absolute Gasteiger partial charge is 0.246 e. The van der Waals surface area contributed by atoms with Crippen LogP contribution in [-0.4, -0.2) is 51.5 Å². The monoisotopic (exact) mass is 384 g/mol. The summed E-state index contributed by atoms with van der Waals surface area (Å²) in [6.45, 7) is 6.38. The number of nitrogens with zero attached hydrogens (tertiary/aromatic N) is 1. The van der Waals surface area contributed by atoms with Crippen LogP contribution >= 0.6 is 0 Å². The Kier molecular flexibility index (Phi) is 6.18. The molecule has 0 spiro atoms. The maximum Gasteiger partial charge on any atom is 0.246 e. The first-order valence-corrected chi connectivity index (χ1v) is 10.1. The third-order valence-electron chi connectivity index (χ3n) is 4.31. The van der Waals surface area contributed by atoms with E-state index < -0.39 is 10.0 Å². The first-order chi connectivity index (χ1) is 12.1. The number of piperidine rings is 1. The molecule has 0 bridgehead atoms. The van der Waals surface area contributed by atoms with Gasteiger partial charge in [-0.3, -0.25) is 4.79 Å². The fraction of sp³-hybridized carbons (Fsp3) is 0.611. The fourth-order valence-electron chi connectivity index (χ4n) is 2.95. The number of carbonyl (C=O) groups excluding carboxylic acids is 1. The number of benzene rings is 1. The Labute approximate surface area is 155 Å². The summed E-state index contributed by atoms with van der Waals surface area (Å²) in [6, 6.07) is 4.70. The largest absolute Gasteiger partial charge is 0.497 e. The van der Waals surface area contributed by atoms with Crippen LogP contribution in [0.2, 0.25) is 0 Å². The van der Waals surface area contributed by atoms with E-state index in [-0.39, 0.29) is 28.0 Å². The van der Waals surface area contributed by atoms with Crippen molar-refractivity contribution in [3.05, 3.63) is 18.2 Å². The summed E-state index contributed by atoms with van der Waals surface area (Å²) < 4.78 is 37.8. The number of carbonyl (C=O) groups is 1. The van der Waals surface area contributed by atoms with Gasteiger partial charge in [-0.2, -0.15) is 4.31 Å². The van der Waals surface area contributed by atoms with Crippen molar-refractivity contribution in [2.75, 3.05) is 27.3 Å². The predicted octanol–water partition coefficient (Wildman–Crippen LogP) is 2.02. The van der Waals surface area contributed by atoms with Crippen molar-refractivity contribution in [3.63, 3.8) is 0 Å². The lowest BCUT2D eigenvalue weighted by Crippen LogP contribution is -2.47. The van der Waals surface area contributed by atoms with Gasteiger partial charge in [-0.25, -0.2) is 8.42 Å². The Balaban J connectivity index is 2.14. The molecule has 8 heteroatoms. The molecule has 1 aromatic carbocycles. The van der Waals surface area contributed by atoms with Gasteiger partial charge in [0, 0.05) is 30.6 Å². The summed E-state index contributed by atoms with van der Waals surface area (Å²) in [7, 11) is -0.807. The molecular weight excluding hydrogens is 356 g/mol. The van der Waals surface area contributed by atoms with Crippen molar-refractivity contribution < 1.29 is 22.7 Å². The summed E-state index contributed by atoms with van der Waals surface area (Å²) in [4.78, 5) is 12.4. The standard InChI is InChI=1S/C18H28N2O5S/c1-18(2,3)19-17(21)13-8-10-20(11-9-13)26(22,23)16-12-14(24-4)6-7-15(16)25-5/h6-7,12-13H,8-11H2,1-5H3,(H,19,21). The van der Waals surface area contributed by atoms with Crippen molar-refractivity contribution in [1.29, 1.82) is 0 Å². The highest BCUT2D eigenvalue weighted by Crippen LogP contribution is 2.32. The summed E-state index contributed by atoms with van der Waals surface area (Å²) >= 11 is 0. The van der Waals surface area contributed by atoms with Crippen molar-refractivity contribution in [2.45, 2.75) is 44.0 Å². The minimum atomic E-state index is -3.73. The van der Waals surface area contributed by atoms with Crippen LogP contribution in [0.3, 0.4) is 0 Å². The lowest BCUT2D eigenvalue weighted by molar-refractivity contribution is -0.127. The molecule has 1 aliphatic rings. The van der Waals surface area contributed by atoms with E-state index in [1.807, 2.05) is 20.8 Å². The highest BCUT2D eigenvalue weighted by Gasteiger charge is 2.34. The Morgan fingerprint density at radius 3 is 2.27 bits per heavy atom. The van der Waals surface area contributed by atoms with Crippen molar-refractivity contribution >= 4 is 15.9 Å². The van der Waals surface area contributed by atoms with E-state index in [1.165, 1.54) is 24.6 Å². The molecule has 1 fully saturated rings. The molecule has 1 N–H and O–H groups in total. The number of nitrogens with one attached hydrogen (secondary N) is 1. The number of methoxy groups -OCH3 is 2. The summed E-state index contributed by atoms with van der Waals surface area (Å²) in [6.07, 6.45) is 0.987. The minimum Gasteiger partial charge on any atom is -0.497 e. The van der Waals surface area contributed by atoms with E-state index in [2.05, 4.69) is 5.32 Å². The lowest BCUT2D eigenvalue weighted by Gasteiger charge is -2.32. The first kappa shape index (κ1) is 20.5. The van der Waals surface area contributed by atoms with Crippen LogP contribution in [0.4, 0.5) is 0 Å². The number of hydrogen-bond acceptors (Lipinski definition) is 5. The molecule has 1 saturated heterocycles. The normalized spacial score (nSPS) is 17.0. The van der Waals surface area contributed by atoms with Gasteiger partial charge in [0.1, 0.15) is 16.4 Å². The van der Waals surface area contributed by atoms with Gasteiger partial charge < -0.3 is 14.8 Å². The highest BCUT2D eigenvalue weighted by atomic mass is 32.2. The molecule has 0 aromatic heterocycles. The average Bonchev–Trinajstić information content (AvgIpc) is 2.59. The topological polar surface area (TPSA) is 84.9 Å². The van der Waals surface area contributed by atoms with Crippen molar-refractivity contribution in [1.82, 2.24) is 9.62 Å². The van der Waals surface area contributed by atoms with Gasteiger partial charge >= 0.3 is 0 Å². The molecule has 0 aliphatic carbocycles. The Morgan fingerprint density at radius 1 is 1.15 bits per heavy atom. The van der Waals surface area contributed by atoms with E-state index in [0.717, 1.165) is 0 Å². The second-order valence-electron chi connectivity index (χ2n) is 7.43. The zero-order chi connectivity index (χ0) is 19.5. The third kappa shape index (κ3) is 4.67. The molecular formula is C18H28N2O5S. The van der Waals surface area contributed by atoms with Gasteiger partial charge in [0.15, 0.2) is 0 Å². The van der Waals surface area contributed by atoms with Gasteiger partial charge in [0.05, 0.1) is 14.2 Å². The molecule has 26 heavy (non-hydrogen) atoms. The first-order valence-electron chi connectivity index (χ1n) is 8.62. The average molecular weight is 384 g/mol. The van der Waals surface area contributed by atoms with E-state index >= 15 is 0 Å². The van der Waals surface area contributed by atoms with E-state index in [0.29, 0.717) is 31.7 Å². The van der Waals surface area contributed by atoms with Crippen molar-refractivity contribution in [2.24, 2.45) is 5.92 Å². The van der Waals surface area contributed by atoms with Crippen LogP contribution in [-0.2, 0) is 14.8 Å². The van der Waals surface area contributed by atoms with Gasteiger partial charge in [0.2, 0.25) is 15.9 Å². The Morgan fingerprint density at radius 2 is 1.77 bits per heavy atom. The van der Waals surface area contributed by atoms with E-state index in [1.54, 1.807) is 12.1 Å². The molecule has 0 unspecified atom stereocenters. The third-order valence-corrected chi connectivity index (χ3v) is 6.23. The maximum atomic E-state index is 13.0. The van der Waals surface area contributed by atoms with Crippen LogP contribution in [0.1, 0.15) is 33.6 Å². The zero-order valence-electron chi connectivity index (χ0n) is 16.0. The van der Waals surface area contributed by atoms with Crippen LogP contribution in [0.5, 0.6) is 11.5 Å². The molecule has 0 saturated carbocycles. The van der Waals surface area contributed by atoms with Crippen LogP contribution < -0.4 is 14.8 Å². The van der Waals surface area contributed by atoms with Crippen molar-refractivity contribution in [3.8, 4) is 11.5 Å². The Bertz CT molecular complexity index is 747. The second-order valence-corrected chi connectivity index (χ2v) is 9.34. The van der Waals surface area contributed by atoms with E-state index in [4.69, 9.17) is 9.47 Å². The van der Waals surface area contributed by atoms with Gasteiger partial charge in [0.25, 0.3) is 0 Å². The number of amides is 1. The number of rotatable bonds is 5.